The molecule has 0 aliphatic heterocycles. The molecule has 0 aromatic rings. The molecule has 0 aliphatic rings. The van der Waals surface area contributed by atoms with Crippen LogP contribution < -0.4 is 0 Å². The highest BCUT2D eigenvalue weighted by atomic mass is 16.6. The van der Waals surface area contributed by atoms with Gasteiger partial charge < -0.3 is 14.2 Å². The summed E-state index contributed by atoms with van der Waals surface area (Å²) in [7, 11) is 1.23. The molecular weight excluding hydrogens is 304 g/mol. The lowest BCUT2D eigenvalue weighted by molar-refractivity contribution is -0.161. The Hall–Kier alpha value is -1.92. The fraction of sp³-hybridized carbons (Fsp3) is 0.750. The largest absolute Gasteiger partial charge is 0.469 e. The van der Waals surface area contributed by atoms with Crippen LogP contribution in [0.15, 0.2) is 0 Å². The second-order valence-corrected chi connectivity index (χ2v) is 6.80. The van der Waals surface area contributed by atoms with Crippen LogP contribution in [0.5, 0.6) is 0 Å². The van der Waals surface area contributed by atoms with Crippen LogP contribution in [0.1, 0.15) is 61.3 Å². The summed E-state index contributed by atoms with van der Waals surface area (Å²) in [5.74, 6) is -1.76. The Morgan fingerprint density at radius 3 is 1.30 bits per heavy atom. The minimum atomic E-state index is -0.579. The van der Waals surface area contributed by atoms with E-state index >= 15 is 0 Å². The fourth-order valence-corrected chi connectivity index (χ4v) is 1.15. The lowest BCUT2D eigenvalue weighted by Gasteiger charge is -2.18. The summed E-state index contributed by atoms with van der Waals surface area (Å²) >= 11 is 0. The third kappa shape index (κ3) is 20.1. The first-order valence-corrected chi connectivity index (χ1v) is 7.16. The Labute approximate surface area is 137 Å². The van der Waals surface area contributed by atoms with E-state index in [9.17, 15) is 19.2 Å². The number of ketones is 1. The van der Waals surface area contributed by atoms with E-state index in [-0.39, 0.29) is 18.6 Å². The van der Waals surface area contributed by atoms with E-state index < -0.39 is 29.1 Å². The van der Waals surface area contributed by atoms with Crippen LogP contribution in [0.4, 0.5) is 0 Å². The molecule has 0 aromatic carbocycles. The number of Topliss-reactive ketones (excluding diaryl/α,β-unsaturated/α-hetero) is 1. The van der Waals surface area contributed by atoms with Gasteiger partial charge in [-0.3, -0.25) is 19.2 Å². The Balaban J connectivity index is 0. The highest BCUT2D eigenvalue weighted by Crippen LogP contribution is 2.08. The van der Waals surface area contributed by atoms with E-state index in [4.69, 9.17) is 9.47 Å². The number of hydrogen-bond acceptors (Lipinski definition) is 7. The van der Waals surface area contributed by atoms with Crippen molar-refractivity contribution in [2.24, 2.45) is 0 Å². The van der Waals surface area contributed by atoms with E-state index in [0.717, 1.165) is 0 Å². The summed E-state index contributed by atoms with van der Waals surface area (Å²) in [6, 6.07) is 0. The summed E-state index contributed by atoms with van der Waals surface area (Å²) in [5, 5.41) is 0. The van der Waals surface area contributed by atoms with Gasteiger partial charge in [-0.2, -0.15) is 0 Å². The summed E-state index contributed by atoms with van der Waals surface area (Å²) < 4.78 is 14.1. The topological polar surface area (TPSA) is 96.0 Å². The van der Waals surface area contributed by atoms with Gasteiger partial charge in [-0.25, -0.2) is 0 Å². The average Bonchev–Trinajstić information content (AvgIpc) is 2.22. The number of carbonyl (C=O) groups excluding carboxylic acids is 4. The van der Waals surface area contributed by atoms with Crippen LogP contribution in [0.2, 0.25) is 0 Å². The maximum absolute atomic E-state index is 10.9. The molecule has 0 aromatic heterocycles. The second-order valence-electron chi connectivity index (χ2n) is 6.80. The van der Waals surface area contributed by atoms with E-state index in [1.807, 2.05) is 0 Å². The third-order valence-electron chi connectivity index (χ3n) is 1.75. The SMILES string of the molecule is CC(=O)CC(=O)OC(C)(C)C.COC(=O)CC(=O)OC(C)(C)C. The monoisotopic (exact) mass is 332 g/mol. The first kappa shape index (κ1) is 23.3. The molecule has 0 unspecified atom stereocenters. The molecule has 0 atom stereocenters. The summed E-state index contributed by atoms with van der Waals surface area (Å²) in [5.41, 5.74) is -1.04. The third-order valence-corrected chi connectivity index (χ3v) is 1.75. The second kappa shape index (κ2) is 9.97. The van der Waals surface area contributed by atoms with E-state index in [1.165, 1.54) is 14.0 Å². The van der Waals surface area contributed by atoms with Gasteiger partial charge in [-0.15, -0.1) is 0 Å². The van der Waals surface area contributed by atoms with E-state index in [0.29, 0.717) is 0 Å². The van der Waals surface area contributed by atoms with Gasteiger partial charge in [0, 0.05) is 0 Å². The molecule has 23 heavy (non-hydrogen) atoms. The zero-order chi connectivity index (χ0) is 18.8. The molecule has 7 nitrogen and oxygen atoms in total. The Morgan fingerprint density at radius 1 is 0.696 bits per heavy atom. The van der Waals surface area contributed by atoms with Crippen molar-refractivity contribution in [2.75, 3.05) is 7.11 Å². The maximum Gasteiger partial charge on any atom is 0.317 e. The van der Waals surface area contributed by atoms with Gasteiger partial charge in [0.15, 0.2) is 0 Å². The standard InChI is InChI=1S/C8H14O4.C8H14O3/c1-8(2,3)12-7(10)5-6(9)11-4;1-6(9)5-7(10)11-8(2,3)4/h5H2,1-4H3;5H2,1-4H3. The lowest BCUT2D eigenvalue weighted by Crippen LogP contribution is -2.25. The number of hydrogen-bond donors (Lipinski definition) is 0. The van der Waals surface area contributed by atoms with Crippen LogP contribution in [0, 0.1) is 0 Å². The van der Waals surface area contributed by atoms with Gasteiger partial charge in [0.2, 0.25) is 0 Å². The van der Waals surface area contributed by atoms with Crippen LogP contribution in [-0.4, -0.2) is 42.0 Å². The molecule has 0 N–H and O–H groups in total. The minimum Gasteiger partial charge on any atom is -0.469 e. The van der Waals surface area contributed by atoms with Crippen molar-refractivity contribution >= 4 is 23.7 Å². The van der Waals surface area contributed by atoms with Crippen molar-refractivity contribution in [2.45, 2.75) is 72.5 Å². The van der Waals surface area contributed by atoms with Crippen molar-refractivity contribution in [1.82, 2.24) is 0 Å². The van der Waals surface area contributed by atoms with Crippen molar-refractivity contribution in [3.8, 4) is 0 Å². The van der Waals surface area contributed by atoms with Gasteiger partial charge in [-0.1, -0.05) is 0 Å². The normalized spacial score (nSPS) is 10.8. The van der Waals surface area contributed by atoms with Crippen LogP contribution in [0.25, 0.3) is 0 Å². The average molecular weight is 332 g/mol. The molecule has 0 spiro atoms. The first-order chi connectivity index (χ1) is 10.2. The highest BCUT2D eigenvalue weighted by molar-refractivity contribution is 5.94. The molecule has 0 amide bonds. The summed E-state index contributed by atoms with van der Waals surface area (Å²) in [6.07, 6.45) is -0.453. The molecule has 134 valence electrons. The van der Waals surface area contributed by atoms with Gasteiger partial charge in [0.1, 0.15) is 29.8 Å². The van der Waals surface area contributed by atoms with Crippen molar-refractivity contribution in [1.29, 1.82) is 0 Å². The van der Waals surface area contributed by atoms with Crippen molar-refractivity contribution in [3.05, 3.63) is 0 Å². The van der Waals surface area contributed by atoms with Gasteiger partial charge >= 0.3 is 17.9 Å². The molecular formula is C16H28O7. The number of methoxy groups -OCH3 is 1. The minimum absolute atomic E-state index is 0.128. The molecule has 0 saturated heterocycles. The number of esters is 3. The molecule has 0 saturated carbocycles. The quantitative estimate of drug-likeness (QED) is 0.442. The Morgan fingerprint density at radius 2 is 1.04 bits per heavy atom. The Kier molecular flexibility index (Phi) is 10.1. The van der Waals surface area contributed by atoms with Crippen molar-refractivity contribution in [3.63, 3.8) is 0 Å². The first-order valence-electron chi connectivity index (χ1n) is 7.16. The van der Waals surface area contributed by atoms with Crippen LogP contribution in [0.3, 0.4) is 0 Å². The van der Waals surface area contributed by atoms with Crippen LogP contribution in [-0.2, 0) is 33.4 Å². The molecule has 7 heteroatoms. The predicted octanol–water partition coefficient (Wildman–Crippen LogP) is 2.20. The van der Waals surface area contributed by atoms with Gasteiger partial charge in [0.25, 0.3) is 0 Å². The number of carbonyl (C=O) groups is 4. The zero-order valence-corrected chi connectivity index (χ0v) is 15.3. The summed E-state index contributed by atoms with van der Waals surface area (Å²) in [6.45, 7) is 11.9. The van der Waals surface area contributed by atoms with Crippen molar-refractivity contribution < 1.29 is 33.4 Å². The van der Waals surface area contributed by atoms with Crippen LogP contribution >= 0.6 is 0 Å². The number of rotatable bonds is 4. The molecule has 0 aliphatic carbocycles. The number of ether oxygens (including phenoxy) is 3. The maximum atomic E-state index is 10.9. The predicted molar refractivity (Wildman–Crippen MR) is 83.6 cm³/mol. The molecule has 0 radical (unpaired) electrons. The smallest absolute Gasteiger partial charge is 0.317 e. The van der Waals surface area contributed by atoms with E-state index in [1.54, 1.807) is 41.5 Å². The molecule has 0 heterocycles. The van der Waals surface area contributed by atoms with Gasteiger partial charge in [0.05, 0.1) is 7.11 Å². The fourth-order valence-electron chi connectivity index (χ4n) is 1.15. The highest BCUT2D eigenvalue weighted by Gasteiger charge is 2.19. The molecule has 0 rings (SSSR count). The molecule has 0 fully saturated rings. The lowest BCUT2D eigenvalue weighted by atomic mass is 10.2. The Bertz CT molecular complexity index is 425. The van der Waals surface area contributed by atoms with E-state index in [2.05, 4.69) is 4.74 Å². The summed E-state index contributed by atoms with van der Waals surface area (Å²) in [4.78, 5) is 42.8. The van der Waals surface area contributed by atoms with Gasteiger partial charge in [-0.05, 0) is 48.5 Å². The zero-order valence-electron chi connectivity index (χ0n) is 15.3. The molecule has 0 bridgehead atoms.